The predicted octanol–water partition coefficient (Wildman–Crippen LogP) is 5.65. The quantitative estimate of drug-likeness (QED) is 0.396. The Morgan fingerprint density at radius 1 is 1.18 bits per heavy atom. The Bertz CT molecular complexity index is 1270. The van der Waals surface area contributed by atoms with Gasteiger partial charge in [-0.25, -0.2) is 4.39 Å². The highest BCUT2D eigenvalue weighted by molar-refractivity contribution is 6.35. The molecule has 3 aliphatic rings. The molecule has 0 spiro atoms. The lowest BCUT2D eigenvalue weighted by molar-refractivity contribution is -0.122. The monoisotopic (exact) mass is 569 g/mol. The Kier molecular flexibility index (Phi) is 8.55. The van der Waals surface area contributed by atoms with Gasteiger partial charge in [0.2, 0.25) is 5.91 Å². The summed E-state index contributed by atoms with van der Waals surface area (Å²) in [4.78, 5) is 32.5. The minimum atomic E-state index is -0.825. The molecule has 2 aromatic rings. The van der Waals surface area contributed by atoms with E-state index in [0.29, 0.717) is 55.0 Å². The topological polar surface area (TPSA) is 64.1 Å². The van der Waals surface area contributed by atoms with Crippen molar-refractivity contribution in [2.45, 2.75) is 76.4 Å². The number of hydrogen-bond donors (Lipinski definition) is 1. The van der Waals surface area contributed by atoms with Crippen LogP contribution >= 0.6 is 11.6 Å². The van der Waals surface area contributed by atoms with Crippen molar-refractivity contribution in [3.05, 3.63) is 63.9 Å². The van der Waals surface area contributed by atoms with Crippen molar-refractivity contribution in [3.8, 4) is 0 Å². The second-order valence-corrected chi connectivity index (χ2v) is 12.6. The van der Waals surface area contributed by atoms with Crippen LogP contribution in [-0.2, 0) is 11.2 Å². The van der Waals surface area contributed by atoms with Gasteiger partial charge in [-0.1, -0.05) is 37.6 Å². The number of benzene rings is 2. The second kappa shape index (κ2) is 11.8. The maximum Gasteiger partial charge on any atom is 0.258 e. The minimum absolute atomic E-state index is 0.0142. The number of nitrogens with zero attached hydrogens (tertiary/aromatic N) is 3. The SMILES string of the molecule is CC(C)[C@H]1c2ccc(F)cc2CC[C@]1(O)CCN(C)CCCCN1C(=O)[C@@H]2CCCN2C(=O)c2c(Cl)cccc21. The zero-order valence-electron chi connectivity index (χ0n) is 23.8. The number of carbonyl (C=O) groups excluding carboxylic acids is 2. The van der Waals surface area contributed by atoms with Gasteiger partial charge in [-0.2, -0.15) is 0 Å². The Hall–Kier alpha value is -2.48. The van der Waals surface area contributed by atoms with E-state index in [4.69, 9.17) is 11.6 Å². The summed E-state index contributed by atoms with van der Waals surface area (Å²) in [6.07, 6.45) is 5.16. The first kappa shape index (κ1) is 29.0. The van der Waals surface area contributed by atoms with Crippen molar-refractivity contribution < 1.29 is 19.1 Å². The molecule has 216 valence electrons. The number of aryl methyl sites for hydroxylation is 1. The number of amides is 2. The number of halogens is 2. The molecule has 8 heteroatoms. The van der Waals surface area contributed by atoms with Crippen LogP contribution in [0.3, 0.4) is 0 Å². The van der Waals surface area contributed by atoms with Gasteiger partial charge >= 0.3 is 0 Å². The van der Waals surface area contributed by atoms with Crippen LogP contribution in [0.4, 0.5) is 10.1 Å². The molecular weight excluding hydrogens is 529 g/mol. The molecular formula is C32H41ClFN3O3. The van der Waals surface area contributed by atoms with Gasteiger partial charge in [0, 0.05) is 25.6 Å². The van der Waals surface area contributed by atoms with E-state index in [0.717, 1.165) is 43.5 Å². The van der Waals surface area contributed by atoms with Crippen LogP contribution < -0.4 is 4.90 Å². The van der Waals surface area contributed by atoms with Crippen molar-refractivity contribution in [3.63, 3.8) is 0 Å². The molecule has 2 heterocycles. The first-order valence-electron chi connectivity index (χ1n) is 14.7. The predicted molar refractivity (Wildman–Crippen MR) is 156 cm³/mol. The molecule has 0 bridgehead atoms. The number of rotatable bonds is 9. The Morgan fingerprint density at radius 3 is 2.75 bits per heavy atom. The zero-order valence-corrected chi connectivity index (χ0v) is 24.6. The molecule has 1 saturated heterocycles. The highest BCUT2D eigenvalue weighted by atomic mass is 35.5. The number of aliphatic hydroxyl groups is 1. The highest BCUT2D eigenvalue weighted by Crippen LogP contribution is 2.45. The van der Waals surface area contributed by atoms with Gasteiger partial charge in [0.05, 0.1) is 21.9 Å². The van der Waals surface area contributed by atoms with Gasteiger partial charge in [0.1, 0.15) is 11.9 Å². The molecule has 3 atom stereocenters. The lowest BCUT2D eigenvalue weighted by atomic mass is 9.66. The first-order chi connectivity index (χ1) is 19.1. The fraction of sp³-hybridized carbons (Fsp3) is 0.562. The number of anilines is 1. The molecule has 5 rings (SSSR count). The van der Waals surface area contributed by atoms with Gasteiger partial charge in [-0.05, 0) is 99.8 Å². The fourth-order valence-electron chi connectivity index (χ4n) is 7.19. The van der Waals surface area contributed by atoms with Crippen molar-refractivity contribution in [2.24, 2.45) is 5.92 Å². The summed E-state index contributed by atoms with van der Waals surface area (Å²) in [6.45, 7) is 6.97. The molecule has 0 radical (unpaired) electrons. The Balaban J connectivity index is 1.18. The molecule has 1 fully saturated rings. The van der Waals surface area contributed by atoms with Crippen LogP contribution in [0.5, 0.6) is 0 Å². The standard InChI is InChI=1S/C32H41ClFN3O3/c1-21(2)29-24-12-11-23(34)20-22(24)13-14-32(29,40)15-19-35(3)16-4-5-17-36-26-9-6-8-25(33)28(26)31(39)37-18-7-10-27(37)30(36)38/h6,8-9,11-12,20-21,27,29,40H,4-5,7,10,13-19H2,1-3H3/t27-,29-,32-/m0/s1. The summed E-state index contributed by atoms with van der Waals surface area (Å²) >= 11 is 6.46. The van der Waals surface area contributed by atoms with Crippen LogP contribution in [0, 0.1) is 11.7 Å². The van der Waals surface area contributed by atoms with Crippen LogP contribution in [0.15, 0.2) is 36.4 Å². The molecule has 2 aliphatic heterocycles. The average Bonchev–Trinajstić information content (AvgIpc) is 3.39. The molecule has 6 nitrogen and oxygen atoms in total. The average molecular weight is 570 g/mol. The van der Waals surface area contributed by atoms with E-state index in [1.807, 2.05) is 12.1 Å². The molecule has 2 amide bonds. The molecule has 0 saturated carbocycles. The summed E-state index contributed by atoms with van der Waals surface area (Å²) in [5.41, 5.74) is 2.32. The third kappa shape index (κ3) is 5.53. The Morgan fingerprint density at radius 2 is 1.98 bits per heavy atom. The van der Waals surface area contributed by atoms with Gasteiger partial charge in [0.25, 0.3) is 5.91 Å². The van der Waals surface area contributed by atoms with Gasteiger partial charge in [-0.3, -0.25) is 9.59 Å². The number of carbonyl (C=O) groups is 2. The zero-order chi connectivity index (χ0) is 28.6. The second-order valence-electron chi connectivity index (χ2n) is 12.2. The lowest BCUT2D eigenvalue weighted by Gasteiger charge is -2.44. The summed E-state index contributed by atoms with van der Waals surface area (Å²) in [7, 11) is 2.07. The van der Waals surface area contributed by atoms with Gasteiger partial charge in [-0.15, -0.1) is 0 Å². The van der Waals surface area contributed by atoms with E-state index < -0.39 is 11.6 Å². The number of hydrogen-bond acceptors (Lipinski definition) is 4. The smallest absolute Gasteiger partial charge is 0.258 e. The number of fused-ring (bicyclic) bond motifs is 3. The van der Waals surface area contributed by atoms with Crippen molar-refractivity contribution in [2.75, 3.05) is 38.1 Å². The van der Waals surface area contributed by atoms with E-state index >= 15 is 0 Å². The lowest BCUT2D eigenvalue weighted by Crippen LogP contribution is -2.45. The van der Waals surface area contributed by atoms with Crippen molar-refractivity contribution in [1.82, 2.24) is 9.80 Å². The Labute approximate surface area is 242 Å². The molecule has 2 aromatic carbocycles. The van der Waals surface area contributed by atoms with Crippen molar-refractivity contribution >= 4 is 29.1 Å². The number of unbranched alkanes of at least 4 members (excludes halogenated alkanes) is 1. The molecule has 0 unspecified atom stereocenters. The summed E-state index contributed by atoms with van der Waals surface area (Å²) in [5.74, 6) is -0.160. The molecule has 0 aromatic heterocycles. The first-order valence-corrected chi connectivity index (χ1v) is 15.1. The highest BCUT2D eigenvalue weighted by Gasteiger charge is 2.44. The van der Waals surface area contributed by atoms with Crippen LogP contribution in [-0.4, -0.2) is 71.6 Å². The van der Waals surface area contributed by atoms with Gasteiger partial charge in [0.15, 0.2) is 0 Å². The van der Waals surface area contributed by atoms with E-state index in [9.17, 15) is 19.1 Å². The molecule has 40 heavy (non-hydrogen) atoms. The van der Waals surface area contributed by atoms with E-state index in [2.05, 4.69) is 25.8 Å². The maximum atomic E-state index is 13.8. The van der Waals surface area contributed by atoms with Crippen molar-refractivity contribution in [1.29, 1.82) is 0 Å². The van der Waals surface area contributed by atoms with E-state index in [-0.39, 0.29) is 29.5 Å². The van der Waals surface area contributed by atoms with Crippen LogP contribution in [0.25, 0.3) is 0 Å². The summed E-state index contributed by atoms with van der Waals surface area (Å²) < 4.78 is 13.8. The van der Waals surface area contributed by atoms with Gasteiger partial charge < -0.3 is 19.8 Å². The van der Waals surface area contributed by atoms with E-state index in [1.54, 1.807) is 28.0 Å². The summed E-state index contributed by atoms with van der Waals surface area (Å²) in [5, 5.41) is 12.2. The third-order valence-corrected chi connectivity index (χ3v) is 9.49. The minimum Gasteiger partial charge on any atom is -0.389 e. The third-order valence-electron chi connectivity index (χ3n) is 9.17. The van der Waals surface area contributed by atoms with E-state index in [1.165, 1.54) is 6.07 Å². The molecule has 1 N–H and O–H groups in total. The van der Waals surface area contributed by atoms with Crippen LogP contribution in [0.1, 0.15) is 79.8 Å². The fourth-order valence-corrected chi connectivity index (χ4v) is 7.44. The largest absolute Gasteiger partial charge is 0.389 e. The molecule has 1 aliphatic carbocycles. The normalized spacial score (nSPS) is 24.4. The van der Waals surface area contributed by atoms with Crippen LogP contribution in [0.2, 0.25) is 5.02 Å². The maximum absolute atomic E-state index is 13.8. The summed E-state index contributed by atoms with van der Waals surface area (Å²) in [6, 6.07) is 9.92.